The van der Waals surface area contributed by atoms with Gasteiger partial charge >= 0.3 is 0 Å². The van der Waals surface area contributed by atoms with Crippen LogP contribution in [0.15, 0.2) is 22.6 Å². The molecule has 1 aliphatic carbocycles. The highest BCUT2D eigenvalue weighted by molar-refractivity contribution is 7.80. The first-order chi connectivity index (χ1) is 8.56. The van der Waals surface area contributed by atoms with Gasteiger partial charge in [-0.2, -0.15) is 0 Å². The smallest absolute Gasteiger partial charge is 0.0184 e. The quantitative estimate of drug-likeness (QED) is 0.769. The van der Waals surface area contributed by atoms with Gasteiger partial charge in [-0.15, -0.1) is 12.6 Å². The van der Waals surface area contributed by atoms with E-state index in [0.29, 0.717) is 12.5 Å². The van der Waals surface area contributed by atoms with Gasteiger partial charge < -0.3 is 5.73 Å². The molecule has 0 heterocycles. The number of hydrogen-bond acceptors (Lipinski definition) is 2. The predicted molar refractivity (Wildman–Crippen MR) is 82.1 cm³/mol. The Morgan fingerprint density at radius 3 is 2.50 bits per heavy atom. The lowest BCUT2D eigenvalue weighted by Gasteiger charge is -2.20. The Kier molecular flexibility index (Phi) is 4.18. The number of nitrogens with two attached hydrogens (primary N) is 1. The maximum absolute atomic E-state index is 5.94. The van der Waals surface area contributed by atoms with Gasteiger partial charge in [0.15, 0.2) is 0 Å². The van der Waals surface area contributed by atoms with Gasteiger partial charge in [-0.3, -0.25) is 0 Å². The SMILES string of the molecule is CC1=C(c2c(CN)ccc(S)c2C(C)C)CCC1. The largest absolute Gasteiger partial charge is 0.326 e. The molecule has 0 saturated heterocycles. The number of hydrogen-bond donors (Lipinski definition) is 2. The van der Waals surface area contributed by atoms with Gasteiger partial charge in [0.25, 0.3) is 0 Å². The third-order valence-corrected chi connectivity index (χ3v) is 4.29. The van der Waals surface area contributed by atoms with Gasteiger partial charge in [0.1, 0.15) is 0 Å². The summed E-state index contributed by atoms with van der Waals surface area (Å²) in [4.78, 5) is 1.10. The van der Waals surface area contributed by atoms with Gasteiger partial charge in [0.05, 0.1) is 0 Å². The van der Waals surface area contributed by atoms with Crippen LogP contribution in [0.2, 0.25) is 0 Å². The van der Waals surface area contributed by atoms with Gasteiger partial charge in [0.2, 0.25) is 0 Å². The average molecular weight is 261 g/mol. The second-order valence-electron chi connectivity index (χ2n) is 5.50. The topological polar surface area (TPSA) is 26.0 Å². The molecule has 0 aromatic heterocycles. The molecule has 2 N–H and O–H groups in total. The van der Waals surface area contributed by atoms with E-state index < -0.39 is 0 Å². The van der Waals surface area contributed by atoms with Crippen LogP contribution in [-0.4, -0.2) is 0 Å². The Hall–Kier alpha value is -0.730. The van der Waals surface area contributed by atoms with E-state index in [0.717, 1.165) is 4.90 Å². The Bertz CT molecular complexity index is 486. The van der Waals surface area contributed by atoms with E-state index in [-0.39, 0.29) is 0 Å². The van der Waals surface area contributed by atoms with Crippen molar-refractivity contribution in [3.05, 3.63) is 34.4 Å². The fourth-order valence-corrected chi connectivity index (χ4v) is 3.44. The summed E-state index contributed by atoms with van der Waals surface area (Å²) in [6.07, 6.45) is 3.70. The molecule has 1 aliphatic rings. The molecule has 2 rings (SSSR count). The number of rotatable bonds is 3. The Labute approximate surface area is 116 Å². The molecule has 0 amide bonds. The highest BCUT2D eigenvalue weighted by atomic mass is 32.1. The standard InChI is InChI=1S/C16H23NS/c1-10(2)15-14(18)8-7-12(9-17)16(15)13-6-4-5-11(13)3/h7-8,10,18H,4-6,9,17H2,1-3H3. The molecule has 0 bridgehead atoms. The molecule has 98 valence electrons. The third-order valence-electron chi connectivity index (χ3n) is 3.90. The summed E-state index contributed by atoms with van der Waals surface area (Å²) in [5.41, 5.74) is 13.0. The van der Waals surface area contributed by atoms with Gasteiger partial charge in [-0.25, -0.2) is 0 Å². The molecule has 0 aliphatic heterocycles. The highest BCUT2D eigenvalue weighted by Gasteiger charge is 2.21. The summed E-state index contributed by atoms with van der Waals surface area (Å²) in [6, 6.07) is 4.23. The second-order valence-corrected chi connectivity index (χ2v) is 5.99. The lowest BCUT2D eigenvalue weighted by Crippen LogP contribution is -2.07. The van der Waals surface area contributed by atoms with Crippen molar-refractivity contribution in [1.82, 2.24) is 0 Å². The average Bonchev–Trinajstić information content (AvgIpc) is 2.74. The summed E-state index contributed by atoms with van der Waals surface area (Å²) < 4.78 is 0. The number of benzene rings is 1. The molecule has 2 heteroatoms. The normalized spacial score (nSPS) is 15.9. The van der Waals surface area contributed by atoms with Crippen molar-refractivity contribution >= 4 is 18.2 Å². The monoisotopic (exact) mass is 261 g/mol. The first-order valence-electron chi connectivity index (χ1n) is 6.80. The first-order valence-corrected chi connectivity index (χ1v) is 7.24. The van der Waals surface area contributed by atoms with Crippen molar-refractivity contribution in [2.45, 2.75) is 57.4 Å². The van der Waals surface area contributed by atoms with Crippen molar-refractivity contribution in [1.29, 1.82) is 0 Å². The summed E-state index contributed by atoms with van der Waals surface area (Å²) in [6.45, 7) is 7.35. The molecule has 1 nitrogen and oxygen atoms in total. The van der Waals surface area contributed by atoms with E-state index in [9.17, 15) is 0 Å². The summed E-state index contributed by atoms with van der Waals surface area (Å²) in [7, 11) is 0. The Morgan fingerprint density at radius 2 is 2.00 bits per heavy atom. The molecule has 0 spiro atoms. The minimum absolute atomic E-state index is 0.486. The van der Waals surface area contributed by atoms with Crippen molar-refractivity contribution in [3.63, 3.8) is 0 Å². The van der Waals surface area contributed by atoms with Crippen LogP contribution in [-0.2, 0) is 6.54 Å². The Morgan fingerprint density at radius 1 is 1.28 bits per heavy atom. The van der Waals surface area contributed by atoms with E-state index >= 15 is 0 Å². The third kappa shape index (κ3) is 2.36. The molecule has 0 saturated carbocycles. The van der Waals surface area contributed by atoms with Crippen LogP contribution >= 0.6 is 12.6 Å². The van der Waals surface area contributed by atoms with E-state index in [4.69, 9.17) is 5.73 Å². The van der Waals surface area contributed by atoms with Gasteiger partial charge in [0, 0.05) is 11.4 Å². The lowest BCUT2D eigenvalue weighted by atomic mass is 9.87. The zero-order valence-electron chi connectivity index (χ0n) is 11.6. The molecule has 0 radical (unpaired) electrons. The van der Waals surface area contributed by atoms with Crippen LogP contribution in [0.3, 0.4) is 0 Å². The van der Waals surface area contributed by atoms with Crippen LogP contribution in [0.5, 0.6) is 0 Å². The fourth-order valence-electron chi connectivity index (χ4n) is 3.00. The van der Waals surface area contributed by atoms with Crippen LogP contribution in [0, 0.1) is 0 Å². The molecule has 0 atom stereocenters. The van der Waals surface area contributed by atoms with Crippen LogP contribution in [0.1, 0.15) is 62.6 Å². The van der Waals surface area contributed by atoms with Crippen LogP contribution in [0.4, 0.5) is 0 Å². The molecule has 1 aromatic carbocycles. The molecular weight excluding hydrogens is 238 g/mol. The van der Waals surface area contributed by atoms with Crippen LogP contribution in [0.25, 0.3) is 5.57 Å². The van der Waals surface area contributed by atoms with Crippen molar-refractivity contribution in [3.8, 4) is 0 Å². The zero-order valence-corrected chi connectivity index (χ0v) is 12.5. The predicted octanol–water partition coefficient (Wildman–Crippen LogP) is 4.51. The van der Waals surface area contributed by atoms with E-state index in [1.807, 2.05) is 0 Å². The molecular formula is C16H23NS. The summed E-state index contributed by atoms with van der Waals surface area (Å²) >= 11 is 4.65. The first kappa shape index (κ1) is 13.7. The molecule has 0 fully saturated rings. The minimum Gasteiger partial charge on any atom is -0.326 e. The second kappa shape index (κ2) is 5.50. The van der Waals surface area contributed by atoms with Crippen molar-refractivity contribution in [2.24, 2.45) is 5.73 Å². The van der Waals surface area contributed by atoms with E-state index in [2.05, 4.69) is 45.5 Å². The molecule has 1 aromatic rings. The Balaban J connectivity index is 2.69. The highest BCUT2D eigenvalue weighted by Crippen LogP contribution is 2.41. The van der Waals surface area contributed by atoms with E-state index in [1.165, 1.54) is 47.1 Å². The minimum atomic E-state index is 0.486. The number of thiol groups is 1. The lowest BCUT2D eigenvalue weighted by molar-refractivity contribution is 0.829. The maximum Gasteiger partial charge on any atom is 0.0184 e. The van der Waals surface area contributed by atoms with E-state index in [1.54, 1.807) is 0 Å². The zero-order chi connectivity index (χ0) is 13.3. The van der Waals surface area contributed by atoms with Crippen molar-refractivity contribution in [2.75, 3.05) is 0 Å². The molecule has 0 unspecified atom stereocenters. The van der Waals surface area contributed by atoms with Gasteiger partial charge in [-0.05, 0) is 60.4 Å². The van der Waals surface area contributed by atoms with Crippen LogP contribution < -0.4 is 5.73 Å². The fraction of sp³-hybridized carbons (Fsp3) is 0.500. The van der Waals surface area contributed by atoms with Gasteiger partial charge in [-0.1, -0.05) is 25.5 Å². The molecule has 18 heavy (non-hydrogen) atoms. The summed E-state index contributed by atoms with van der Waals surface area (Å²) in [5.74, 6) is 0.486. The van der Waals surface area contributed by atoms with Crippen molar-refractivity contribution < 1.29 is 0 Å². The maximum atomic E-state index is 5.94. The number of allylic oxidation sites excluding steroid dienone is 2. The summed E-state index contributed by atoms with van der Waals surface area (Å²) in [5, 5.41) is 0.